The quantitative estimate of drug-likeness (QED) is 0.568. The summed E-state index contributed by atoms with van der Waals surface area (Å²) in [4.78, 5) is 16.1. The van der Waals surface area contributed by atoms with Crippen LogP contribution in [0.1, 0.15) is 16.2 Å². The number of aromatic nitrogens is 5. The molecule has 0 spiro atoms. The molecule has 112 valence electrons. The minimum atomic E-state index is -0.393. The van der Waals surface area contributed by atoms with Crippen LogP contribution in [0.4, 0.5) is 10.3 Å². The van der Waals surface area contributed by atoms with Gasteiger partial charge >= 0.3 is 0 Å². The van der Waals surface area contributed by atoms with Crippen molar-refractivity contribution < 1.29 is 9.18 Å². The lowest BCUT2D eigenvalue weighted by molar-refractivity contribution is 0.0950. The molecule has 3 aromatic rings. The number of aromatic amines is 2. The Bertz CT molecular complexity index is 810. The molecule has 1 amide bonds. The lowest BCUT2D eigenvalue weighted by Crippen LogP contribution is -2.23. The summed E-state index contributed by atoms with van der Waals surface area (Å²) < 4.78 is 13.3. The van der Waals surface area contributed by atoms with E-state index in [1.165, 1.54) is 18.3 Å². The first-order valence-corrected chi connectivity index (χ1v) is 6.38. The molecule has 0 bridgehead atoms. The number of H-pyrrole nitrogens is 2. The van der Waals surface area contributed by atoms with Gasteiger partial charge < -0.3 is 11.1 Å². The maximum absolute atomic E-state index is 13.3. The fraction of sp³-hybridized carbons (Fsp3) is 0.0769. The maximum Gasteiger partial charge on any atom is 0.255 e. The van der Waals surface area contributed by atoms with Crippen molar-refractivity contribution in [2.75, 3.05) is 5.73 Å². The number of anilines is 1. The van der Waals surface area contributed by atoms with Crippen LogP contribution >= 0.6 is 0 Å². The topological polar surface area (TPSA) is 125 Å². The van der Waals surface area contributed by atoms with Crippen LogP contribution in [0.3, 0.4) is 0 Å². The molecule has 5 N–H and O–H groups in total. The first-order valence-electron chi connectivity index (χ1n) is 6.38. The van der Waals surface area contributed by atoms with Gasteiger partial charge in [0, 0.05) is 5.56 Å². The highest BCUT2D eigenvalue weighted by Gasteiger charge is 2.16. The van der Waals surface area contributed by atoms with Crippen molar-refractivity contribution in [3.8, 4) is 11.3 Å². The smallest absolute Gasteiger partial charge is 0.255 e. The predicted molar refractivity (Wildman–Crippen MR) is 75.9 cm³/mol. The van der Waals surface area contributed by atoms with Crippen LogP contribution in [0.25, 0.3) is 11.3 Å². The van der Waals surface area contributed by atoms with Crippen molar-refractivity contribution in [1.29, 1.82) is 0 Å². The van der Waals surface area contributed by atoms with E-state index in [1.807, 2.05) is 0 Å². The summed E-state index contributed by atoms with van der Waals surface area (Å²) in [5.74, 6) is -0.228. The highest BCUT2D eigenvalue weighted by atomic mass is 19.1. The molecule has 0 saturated heterocycles. The number of hydrogen-bond acceptors (Lipinski definition) is 5. The second-order valence-corrected chi connectivity index (χ2v) is 4.49. The average Bonchev–Trinajstić information content (AvgIpc) is 3.13. The zero-order valence-corrected chi connectivity index (χ0v) is 11.3. The van der Waals surface area contributed by atoms with Crippen molar-refractivity contribution in [2.24, 2.45) is 0 Å². The lowest BCUT2D eigenvalue weighted by atomic mass is 10.1. The largest absolute Gasteiger partial charge is 0.367 e. The summed E-state index contributed by atoms with van der Waals surface area (Å²) >= 11 is 0. The molecular weight excluding hydrogens is 289 g/mol. The van der Waals surface area contributed by atoms with Crippen molar-refractivity contribution in [1.82, 2.24) is 30.7 Å². The molecule has 2 heterocycles. The van der Waals surface area contributed by atoms with Gasteiger partial charge in [-0.2, -0.15) is 10.1 Å². The number of rotatable bonds is 4. The Labute approximate surface area is 124 Å². The second kappa shape index (κ2) is 5.64. The van der Waals surface area contributed by atoms with Crippen LogP contribution in [-0.2, 0) is 6.54 Å². The Morgan fingerprint density at radius 1 is 1.36 bits per heavy atom. The van der Waals surface area contributed by atoms with E-state index in [4.69, 9.17) is 5.73 Å². The number of amides is 1. The Balaban J connectivity index is 1.78. The first kappa shape index (κ1) is 13.7. The zero-order chi connectivity index (χ0) is 15.5. The summed E-state index contributed by atoms with van der Waals surface area (Å²) in [6, 6.07) is 5.89. The summed E-state index contributed by atoms with van der Waals surface area (Å²) in [7, 11) is 0. The SMILES string of the molecule is Nc1n[nH]c(CNC(=O)c2cn[nH]c2-c2cccc(F)c2)n1. The highest BCUT2D eigenvalue weighted by molar-refractivity contribution is 5.99. The Hall–Kier alpha value is -3.23. The van der Waals surface area contributed by atoms with Gasteiger partial charge in [-0.1, -0.05) is 12.1 Å². The van der Waals surface area contributed by atoms with Crippen molar-refractivity contribution in [2.45, 2.75) is 6.54 Å². The molecule has 8 nitrogen and oxygen atoms in total. The standard InChI is InChI=1S/C13H12FN7O/c14-8-3-1-2-7(4-8)11-9(5-17-20-11)12(22)16-6-10-18-13(15)21-19-10/h1-5H,6H2,(H,16,22)(H,17,20)(H3,15,18,19,21). The van der Waals surface area contributed by atoms with Gasteiger partial charge in [-0.25, -0.2) is 4.39 Å². The molecule has 2 aromatic heterocycles. The summed E-state index contributed by atoms with van der Waals surface area (Å²) in [5, 5.41) is 15.4. The molecule has 0 aliphatic rings. The summed E-state index contributed by atoms with van der Waals surface area (Å²) in [5.41, 5.74) is 6.65. The van der Waals surface area contributed by atoms with Gasteiger partial charge in [0.25, 0.3) is 5.91 Å². The number of halogens is 1. The van der Waals surface area contributed by atoms with Gasteiger partial charge in [0.05, 0.1) is 24.0 Å². The number of nitrogens with zero attached hydrogens (tertiary/aromatic N) is 3. The second-order valence-electron chi connectivity index (χ2n) is 4.49. The fourth-order valence-electron chi connectivity index (χ4n) is 1.97. The number of nitrogens with two attached hydrogens (primary N) is 1. The van der Waals surface area contributed by atoms with E-state index in [-0.39, 0.29) is 18.4 Å². The van der Waals surface area contributed by atoms with E-state index in [9.17, 15) is 9.18 Å². The third-order valence-corrected chi connectivity index (χ3v) is 2.96. The zero-order valence-electron chi connectivity index (χ0n) is 11.3. The third kappa shape index (κ3) is 2.77. The van der Waals surface area contributed by atoms with Gasteiger partial charge in [0.1, 0.15) is 11.6 Å². The van der Waals surface area contributed by atoms with Crippen LogP contribution in [0, 0.1) is 5.82 Å². The molecule has 0 radical (unpaired) electrons. The third-order valence-electron chi connectivity index (χ3n) is 2.96. The molecule has 0 saturated carbocycles. The Kier molecular flexibility index (Phi) is 3.52. The van der Waals surface area contributed by atoms with Crippen molar-refractivity contribution in [3.05, 3.63) is 47.7 Å². The van der Waals surface area contributed by atoms with E-state index >= 15 is 0 Å². The normalized spacial score (nSPS) is 10.6. The Morgan fingerprint density at radius 2 is 2.23 bits per heavy atom. The number of hydrogen-bond donors (Lipinski definition) is 4. The first-order chi connectivity index (χ1) is 10.6. The minimum Gasteiger partial charge on any atom is -0.367 e. The monoisotopic (exact) mass is 301 g/mol. The van der Waals surface area contributed by atoms with E-state index in [2.05, 4.69) is 30.7 Å². The van der Waals surface area contributed by atoms with Crippen LogP contribution in [0.2, 0.25) is 0 Å². The molecular formula is C13H12FN7O. The molecule has 3 rings (SSSR count). The van der Waals surface area contributed by atoms with E-state index in [0.717, 1.165) is 0 Å². The van der Waals surface area contributed by atoms with Crippen LogP contribution in [0.15, 0.2) is 30.5 Å². The lowest BCUT2D eigenvalue weighted by Gasteiger charge is -2.04. The van der Waals surface area contributed by atoms with Crippen LogP contribution in [-0.4, -0.2) is 31.3 Å². The van der Waals surface area contributed by atoms with Gasteiger partial charge in [0.2, 0.25) is 5.95 Å². The number of nitrogen functional groups attached to an aromatic ring is 1. The highest BCUT2D eigenvalue weighted by Crippen LogP contribution is 2.21. The molecule has 1 aromatic carbocycles. The van der Waals surface area contributed by atoms with Crippen LogP contribution in [0.5, 0.6) is 0 Å². The van der Waals surface area contributed by atoms with E-state index < -0.39 is 5.82 Å². The van der Waals surface area contributed by atoms with Crippen molar-refractivity contribution in [3.63, 3.8) is 0 Å². The minimum absolute atomic E-state index is 0.105. The molecule has 0 aliphatic heterocycles. The summed E-state index contributed by atoms with van der Waals surface area (Å²) in [6.07, 6.45) is 1.38. The molecule has 0 fully saturated rings. The summed E-state index contributed by atoms with van der Waals surface area (Å²) in [6.45, 7) is 0.136. The average molecular weight is 301 g/mol. The van der Waals surface area contributed by atoms with Gasteiger partial charge in [-0.15, -0.1) is 5.10 Å². The molecule has 0 unspecified atom stereocenters. The fourth-order valence-corrected chi connectivity index (χ4v) is 1.97. The molecule has 0 aliphatic carbocycles. The van der Waals surface area contributed by atoms with Gasteiger partial charge in [-0.3, -0.25) is 15.0 Å². The number of nitrogens with one attached hydrogen (secondary N) is 3. The van der Waals surface area contributed by atoms with Crippen LogP contribution < -0.4 is 11.1 Å². The Morgan fingerprint density at radius 3 is 2.95 bits per heavy atom. The van der Waals surface area contributed by atoms with Crippen molar-refractivity contribution >= 4 is 11.9 Å². The maximum atomic E-state index is 13.3. The molecule has 22 heavy (non-hydrogen) atoms. The van der Waals surface area contributed by atoms with E-state index in [0.29, 0.717) is 22.6 Å². The molecule has 9 heteroatoms. The van der Waals surface area contributed by atoms with Gasteiger partial charge in [-0.05, 0) is 12.1 Å². The van der Waals surface area contributed by atoms with E-state index in [1.54, 1.807) is 12.1 Å². The molecule has 0 atom stereocenters. The number of benzene rings is 1. The number of carbonyl (C=O) groups excluding carboxylic acids is 1. The van der Waals surface area contributed by atoms with Gasteiger partial charge in [0.15, 0.2) is 0 Å². The predicted octanol–water partition coefficient (Wildman–Crippen LogP) is 0.846. The number of carbonyl (C=O) groups is 1.